The van der Waals surface area contributed by atoms with Crippen molar-refractivity contribution in [3.8, 4) is 0 Å². The number of thioether (sulfide) groups is 1. The second-order valence-corrected chi connectivity index (χ2v) is 4.86. The summed E-state index contributed by atoms with van der Waals surface area (Å²) in [6.07, 6.45) is 4.72. The number of hydrogen-bond acceptors (Lipinski definition) is 3. The van der Waals surface area contributed by atoms with Crippen LogP contribution in [0.3, 0.4) is 0 Å². The lowest BCUT2D eigenvalue weighted by molar-refractivity contribution is 0.182. The molecule has 0 saturated carbocycles. The van der Waals surface area contributed by atoms with E-state index in [1.54, 1.807) is 0 Å². The molecule has 92 valence electrons. The molecule has 1 saturated heterocycles. The Labute approximate surface area is 102 Å². The first-order valence-electron chi connectivity index (χ1n) is 5.98. The number of amides is 2. The minimum absolute atomic E-state index is 0.00254. The van der Waals surface area contributed by atoms with Crippen molar-refractivity contribution < 1.29 is 4.79 Å². The van der Waals surface area contributed by atoms with Crippen LogP contribution in [0.15, 0.2) is 0 Å². The minimum Gasteiger partial charge on any atom is -0.315 e. The second-order valence-electron chi connectivity index (χ2n) is 3.93. The van der Waals surface area contributed by atoms with Gasteiger partial charge in [0, 0.05) is 13.1 Å². The maximum Gasteiger partial charge on any atom is 0.326 e. The summed E-state index contributed by atoms with van der Waals surface area (Å²) in [6.45, 7) is 5.52. The zero-order chi connectivity index (χ0) is 12.0. The van der Waals surface area contributed by atoms with Crippen molar-refractivity contribution in [1.82, 2.24) is 9.80 Å². The number of hydrogen-bond donors (Lipinski definition) is 1. The highest BCUT2D eigenvalue weighted by Crippen LogP contribution is 2.19. The van der Waals surface area contributed by atoms with Crippen LogP contribution in [0, 0.1) is 5.41 Å². The predicted octanol–water partition coefficient (Wildman–Crippen LogP) is 2.95. The maximum atomic E-state index is 11.9. The molecule has 1 rings (SSSR count). The van der Waals surface area contributed by atoms with Gasteiger partial charge in [-0.2, -0.15) is 0 Å². The van der Waals surface area contributed by atoms with Crippen LogP contribution in [0.5, 0.6) is 0 Å². The molecule has 1 heterocycles. The van der Waals surface area contributed by atoms with Gasteiger partial charge in [0.1, 0.15) is 0 Å². The Morgan fingerprint density at radius 3 is 2.69 bits per heavy atom. The largest absolute Gasteiger partial charge is 0.326 e. The van der Waals surface area contributed by atoms with E-state index in [4.69, 9.17) is 5.41 Å². The average Bonchev–Trinajstić information content (AvgIpc) is 2.28. The summed E-state index contributed by atoms with van der Waals surface area (Å²) in [6, 6.07) is 0.00254. The summed E-state index contributed by atoms with van der Waals surface area (Å²) in [4.78, 5) is 15.3. The fourth-order valence-electron chi connectivity index (χ4n) is 1.70. The lowest BCUT2D eigenvalue weighted by Crippen LogP contribution is -2.49. The molecule has 0 aromatic heterocycles. The molecule has 0 spiro atoms. The molecule has 1 aliphatic heterocycles. The maximum absolute atomic E-state index is 11.9. The molecule has 0 aromatic carbocycles. The standard InChI is InChI=1S/C11H21N3OS/c1-3-5-6-7-8-13-9-16-10(12)14(4-2)11(13)15/h12H,3-9H2,1-2H3. The molecule has 16 heavy (non-hydrogen) atoms. The topological polar surface area (TPSA) is 47.4 Å². The third kappa shape index (κ3) is 3.40. The van der Waals surface area contributed by atoms with E-state index < -0.39 is 0 Å². The Kier molecular flexibility index (Phi) is 5.66. The average molecular weight is 243 g/mol. The molecule has 0 bridgehead atoms. The third-order valence-electron chi connectivity index (χ3n) is 2.70. The number of nitrogens with zero attached hydrogens (tertiary/aromatic N) is 2. The van der Waals surface area contributed by atoms with Crippen LogP contribution in [-0.4, -0.2) is 40.0 Å². The van der Waals surface area contributed by atoms with Gasteiger partial charge in [0.2, 0.25) is 0 Å². The lowest BCUT2D eigenvalue weighted by atomic mass is 10.2. The van der Waals surface area contributed by atoms with Crippen molar-refractivity contribution in [2.75, 3.05) is 19.0 Å². The van der Waals surface area contributed by atoms with Crippen molar-refractivity contribution in [2.24, 2.45) is 0 Å². The van der Waals surface area contributed by atoms with E-state index in [0.29, 0.717) is 17.6 Å². The molecule has 1 N–H and O–H groups in total. The van der Waals surface area contributed by atoms with Gasteiger partial charge in [0.25, 0.3) is 0 Å². The zero-order valence-corrected chi connectivity index (χ0v) is 11.0. The van der Waals surface area contributed by atoms with Gasteiger partial charge in [0.05, 0.1) is 5.88 Å². The van der Waals surface area contributed by atoms with Crippen LogP contribution < -0.4 is 0 Å². The first kappa shape index (κ1) is 13.4. The van der Waals surface area contributed by atoms with Gasteiger partial charge < -0.3 is 4.90 Å². The Bertz CT molecular complexity index is 258. The lowest BCUT2D eigenvalue weighted by Gasteiger charge is -2.34. The van der Waals surface area contributed by atoms with Gasteiger partial charge in [-0.05, 0) is 13.3 Å². The van der Waals surface area contributed by atoms with E-state index in [1.165, 1.54) is 35.9 Å². The number of urea groups is 1. The Balaban J connectivity index is 2.37. The van der Waals surface area contributed by atoms with Crippen LogP contribution in [0.25, 0.3) is 0 Å². The van der Waals surface area contributed by atoms with Gasteiger partial charge in [-0.3, -0.25) is 10.3 Å². The van der Waals surface area contributed by atoms with E-state index in [-0.39, 0.29) is 6.03 Å². The van der Waals surface area contributed by atoms with Gasteiger partial charge in [-0.1, -0.05) is 37.9 Å². The van der Waals surface area contributed by atoms with Crippen molar-refractivity contribution in [2.45, 2.75) is 39.5 Å². The predicted molar refractivity (Wildman–Crippen MR) is 68.8 cm³/mol. The second kappa shape index (κ2) is 6.78. The quantitative estimate of drug-likeness (QED) is 0.729. The monoisotopic (exact) mass is 243 g/mol. The minimum atomic E-state index is 0.00254. The summed E-state index contributed by atoms with van der Waals surface area (Å²) in [5, 5.41) is 8.04. The van der Waals surface area contributed by atoms with Crippen molar-refractivity contribution >= 4 is 23.0 Å². The Hall–Kier alpha value is -0.710. The normalized spacial score (nSPS) is 17.1. The molecular weight excluding hydrogens is 222 g/mol. The van der Waals surface area contributed by atoms with Gasteiger partial charge >= 0.3 is 6.03 Å². The third-order valence-corrected chi connectivity index (χ3v) is 3.64. The van der Waals surface area contributed by atoms with Gasteiger partial charge in [0.15, 0.2) is 5.17 Å². The Morgan fingerprint density at radius 2 is 2.06 bits per heavy atom. The van der Waals surface area contributed by atoms with Crippen LogP contribution in [0.1, 0.15) is 39.5 Å². The van der Waals surface area contributed by atoms with E-state index in [9.17, 15) is 4.79 Å². The first-order chi connectivity index (χ1) is 7.70. The molecule has 0 aromatic rings. The smallest absolute Gasteiger partial charge is 0.315 e. The van der Waals surface area contributed by atoms with Gasteiger partial charge in [-0.15, -0.1) is 0 Å². The van der Waals surface area contributed by atoms with E-state index in [2.05, 4.69) is 6.92 Å². The molecule has 0 radical (unpaired) electrons. The summed E-state index contributed by atoms with van der Waals surface area (Å²) in [5.74, 6) is 0.639. The van der Waals surface area contributed by atoms with E-state index >= 15 is 0 Å². The molecule has 1 fully saturated rings. The van der Waals surface area contributed by atoms with Crippen LogP contribution >= 0.6 is 11.8 Å². The van der Waals surface area contributed by atoms with Crippen LogP contribution in [0.4, 0.5) is 4.79 Å². The molecule has 2 amide bonds. The zero-order valence-electron chi connectivity index (χ0n) is 10.2. The van der Waals surface area contributed by atoms with Crippen molar-refractivity contribution in [1.29, 1.82) is 5.41 Å². The van der Waals surface area contributed by atoms with Crippen molar-refractivity contribution in [3.63, 3.8) is 0 Å². The highest BCUT2D eigenvalue weighted by atomic mass is 32.2. The number of rotatable bonds is 6. The number of carbonyl (C=O) groups excluding carboxylic acids is 1. The molecule has 5 heteroatoms. The fourth-order valence-corrected chi connectivity index (χ4v) is 2.58. The van der Waals surface area contributed by atoms with Gasteiger partial charge in [-0.25, -0.2) is 4.79 Å². The molecular formula is C11H21N3OS. The SMILES string of the molecule is CCCCCCN1CSC(=N)N(CC)C1=O. The number of amidine groups is 1. The van der Waals surface area contributed by atoms with E-state index in [0.717, 1.165) is 13.0 Å². The Morgan fingerprint density at radius 1 is 1.31 bits per heavy atom. The summed E-state index contributed by atoms with van der Waals surface area (Å²) >= 11 is 1.44. The number of nitrogens with one attached hydrogen (secondary N) is 1. The molecule has 0 aliphatic carbocycles. The van der Waals surface area contributed by atoms with E-state index in [1.807, 2.05) is 11.8 Å². The van der Waals surface area contributed by atoms with Crippen LogP contribution in [0.2, 0.25) is 0 Å². The number of carbonyl (C=O) groups is 1. The molecule has 1 aliphatic rings. The summed E-state index contributed by atoms with van der Waals surface area (Å²) in [5.41, 5.74) is 0. The molecule has 0 atom stereocenters. The number of unbranched alkanes of at least 4 members (excludes halogenated alkanes) is 3. The van der Waals surface area contributed by atoms with Crippen LogP contribution in [-0.2, 0) is 0 Å². The highest BCUT2D eigenvalue weighted by Gasteiger charge is 2.28. The first-order valence-corrected chi connectivity index (χ1v) is 6.97. The summed E-state index contributed by atoms with van der Waals surface area (Å²) in [7, 11) is 0. The molecule has 4 nitrogen and oxygen atoms in total. The van der Waals surface area contributed by atoms with Crippen molar-refractivity contribution in [3.05, 3.63) is 0 Å². The highest BCUT2D eigenvalue weighted by molar-refractivity contribution is 8.13. The fraction of sp³-hybridized carbons (Fsp3) is 0.818. The summed E-state index contributed by atoms with van der Waals surface area (Å²) < 4.78 is 0. The molecule has 0 unspecified atom stereocenters.